The second kappa shape index (κ2) is 14.4. The van der Waals surface area contributed by atoms with Gasteiger partial charge in [0.15, 0.2) is 8.32 Å². The van der Waals surface area contributed by atoms with E-state index in [9.17, 15) is 0 Å². The molecule has 0 radical (unpaired) electrons. The van der Waals surface area contributed by atoms with E-state index in [0.29, 0.717) is 0 Å². The molecule has 0 saturated carbocycles. The molecule has 2 aliphatic carbocycles. The van der Waals surface area contributed by atoms with Crippen LogP contribution in [-0.4, -0.2) is 13.1 Å². The molecular formula is C13H21ClOSiZr. The van der Waals surface area contributed by atoms with Gasteiger partial charge in [0, 0.05) is 0 Å². The van der Waals surface area contributed by atoms with Crippen LogP contribution in [0, 0.1) is 12.2 Å². The molecule has 0 aliphatic heterocycles. The maximum Gasteiger partial charge on any atom is 2.00 e. The van der Waals surface area contributed by atoms with Crippen molar-refractivity contribution >= 4 is 20.7 Å². The Morgan fingerprint density at radius 1 is 0.941 bits per heavy atom. The average Bonchev–Trinajstić information content (AvgIpc) is 2.81. The minimum Gasteiger partial charge on any atom is -0.433 e. The summed E-state index contributed by atoms with van der Waals surface area (Å²) in [4.78, 5) is 8.66. The van der Waals surface area contributed by atoms with Gasteiger partial charge in [0.25, 0.3) is 0 Å². The number of halogens is 1. The molecule has 17 heavy (non-hydrogen) atoms. The molecule has 2 aliphatic rings. The zero-order chi connectivity index (χ0) is 11.6. The van der Waals surface area contributed by atoms with Crippen LogP contribution in [0.25, 0.3) is 0 Å². The predicted molar refractivity (Wildman–Crippen MR) is 76.0 cm³/mol. The second-order valence-electron chi connectivity index (χ2n) is 4.18. The van der Waals surface area contributed by atoms with Crippen molar-refractivity contribution in [2.75, 3.05) is 0 Å². The van der Waals surface area contributed by atoms with Crippen molar-refractivity contribution in [3.8, 4) is 0 Å². The van der Waals surface area contributed by atoms with Gasteiger partial charge in [0.05, 0.1) is 0 Å². The normalized spacial score (nSPS) is 13.9. The van der Waals surface area contributed by atoms with Crippen LogP contribution in [0.1, 0.15) is 12.8 Å². The first-order valence-corrected chi connectivity index (χ1v) is 8.61. The predicted octanol–water partition coefficient (Wildman–Crippen LogP) is 3.84. The van der Waals surface area contributed by atoms with Crippen molar-refractivity contribution in [3.63, 3.8) is 0 Å². The van der Waals surface area contributed by atoms with Crippen LogP contribution in [0.2, 0.25) is 19.6 Å². The van der Waals surface area contributed by atoms with E-state index in [1.54, 1.807) is 0 Å². The van der Waals surface area contributed by atoms with Crippen LogP contribution < -0.4 is 0 Å². The summed E-state index contributed by atoms with van der Waals surface area (Å²) < 4.78 is 0. The number of hydrogen-bond donors (Lipinski definition) is 1. The van der Waals surface area contributed by atoms with E-state index in [2.05, 4.69) is 24.3 Å². The topological polar surface area (TPSA) is 20.2 Å². The van der Waals surface area contributed by atoms with E-state index < -0.39 is 8.32 Å². The van der Waals surface area contributed by atoms with Gasteiger partial charge in [0.1, 0.15) is 0 Å². The van der Waals surface area contributed by atoms with Gasteiger partial charge in [-0.1, -0.05) is 0 Å². The van der Waals surface area contributed by atoms with Crippen molar-refractivity contribution in [3.05, 3.63) is 48.6 Å². The molecule has 0 fully saturated rings. The monoisotopic (exact) mass is 346 g/mol. The van der Waals surface area contributed by atoms with Crippen molar-refractivity contribution in [2.45, 2.75) is 32.5 Å². The van der Waals surface area contributed by atoms with E-state index in [1.165, 1.54) is 0 Å². The molecule has 1 N–H and O–H groups in total. The third kappa shape index (κ3) is 31.4. The smallest absolute Gasteiger partial charge is 0.433 e. The Morgan fingerprint density at radius 3 is 1.29 bits per heavy atom. The third-order valence-corrected chi connectivity index (χ3v) is 1.17. The quantitative estimate of drug-likeness (QED) is 0.521. The molecule has 0 aromatic rings. The largest absolute Gasteiger partial charge is 2.00 e. The summed E-state index contributed by atoms with van der Waals surface area (Å²) in [5.41, 5.74) is 0. The summed E-state index contributed by atoms with van der Waals surface area (Å²) in [7, 11) is -1.61. The molecule has 2 rings (SSSR count). The Balaban J connectivity index is -0.000000163. The molecule has 0 spiro atoms. The number of hydrogen-bond acceptors (Lipinski definition) is 1. The summed E-state index contributed by atoms with van der Waals surface area (Å²) in [6.07, 6.45) is 20.0. The molecule has 94 valence electrons. The molecule has 0 bridgehead atoms. The standard InChI is InChI=1S/2C5H5.C3H10OSi.ClH.Zr/c2*1-2-4-5-3-1;1-5(2,3)4;;/h2*1-3H,4H2;4H,1-3H3;1H;/q2*-1;;;+2. The first-order chi connectivity index (χ1) is 7.00. The van der Waals surface area contributed by atoms with E-state index in [1.807, 2.05) is 43.9 Å². The molecule has 1 nitrogen and oxygen atoms in total. The molecule has 0 heterocycles. The second-order valence-corrected chi connectivity index (χ2v) is 8.52. The molecule has 0 aromatic heterocycles. The molecular weight excluding hydrogens is 327 g/mol. The summed E-state index contributed by atoms with van der Waals surface area (Å²) in [6, 6.07) is 0. The Bertz CT molecular complexity index is 217. The summed E-state index contributed by atoms with van der Waals surface area (Å²) >= 11 is 0. The van der Waals surface area contributed by atoms with Gasteiger partial charge in [0.2, 0.25) is 0 Å². The molecule has 0 atom stereocenters. The fourth-order valence-corrected chi connectivity index (χ4v) is 0.680. The van der Waals surface area contributed by atoms with Gasteiger partial charge in [-0.05, 0) is 19.6 Å². The van der Waals surface area contributed by atoms with Gasteiger partial charge in [-0.3, -0.25) is 12.2 Å². The number of rotatable bonds is 0. The molecule has 0 aromatic carbocycles. The van der Waals surface area contributed by atoms with E-state index in [0.717, 1.165) is 12.8 Å². The van der Waals surface area contributed by atoms with Crippen LogP contribution in [0.15, 0.2) is 36.5 Å². The van der Waals surface area contributed by atoms with E-state index >= 15 is 0 Å². The van der Waals surface area contributed by atoms with Crippen LogP contribution >= 0.6 is 12.4 Å². The third-order valence-electron chi connectivity index (χ3n) is 1.17. The summed E-state index contributed by atoms with van der Waals surface area (Å²) in [5, 5.41) is 0. The Labute approximate surface area is 132 Å². The zero-order valence-corrected chi connectivity index (χ0v) is 15.0. The molecule has 0 unspecified atom stereocenters. The van der Waals surface area contributed by atoms with Gasteiger partial charge in [-0.25, -0.2) is 24.3 Å². The van der Waals surface area contributed by atoms with Gasteiger partial charge < -0.3 is 4.80 Å². The Hall–Kier alpha value is 0.310. The van der Waals surface area contributed by atoms with Gasteiger partial charge in [-0.2, -0.15) is 12.2 Å². The van der Waals surface area contributed by atoms with Crippen LogP contribution in [-0.2, 0) is 26.2 Å². The zero-order valence-electron chi connectivity index (χ0n) is 10.7. The molecule has 0 amide bonds. The van der Waals surface area contributed by atoms with Crippen molar-refractivity contribution in [2.24, 2.45) is 0 Å². The SMILES string of the molecule is C[Si](C)(C)O.Cl.[C-]1=CC=CC1.[C-]1=CC=CC1.[Zr+2]. The Morgan fingerprint density at radius 2 is 1.24 bits per heavy atom. The van der Waals surface area contributed by atoms with Gasteiger partial charge in [-0.15, -0.1) is 25.2 Å². The maximum absolute atomic E-state index is 8.66. The van der Waals surface area contributed by atoms with Crippen molar-refractivity contribution in [1.82, 2.24) is 0 Å². The first-order valence-electron chi connectivity index (χ1n) is 5.16. The van der Waals surface area contributed by atoms with E-state index in [4.69, 9.17) is 4.80 Å². The van der Waals surface area contributed by atoms with Gasteiger partial charge >= 0.3 is 26.2 Å². The Kier molecular flexibility index (Phi) is 19.0. The van der Waals surface area contributed by atoms with Crippen molar-refractivity contribution in [1.29, 1.82) is 0 Å². The minimum atomic E-state index is -1.61. The molecule has 4 heteroatoms. The summed E-state index contributed by atoms with van der Waals surface area (Å²) in [6.45, 7) is 5.65. The first kappa shape index (κ1) is 22.5. The van der Waals surface area contributed by atoms with Crippen LogP contribution in [0.5, 0.6) is 0 Å². The fraction of sp³-hybridized carbons (Fsp3) is 0.385. The van der Waals surface area contributed by atoms with Crippen LogP contribution in [0.3, 0.4) is 0 Å². The summed E-state index contributed by atoms with van der Waals surface area (Å²) in [5.74, 6) is 0. The van der Waals surface area contributed by atoms with Crippen molar-refractivity contribution < 1.29 is 31.0 Å². The minimum absolute atomic E-state index is 0. The van der Waals surface area contributed by atoms with E-state index in [-0.39, 0.29) is 38.6 Å². The van der Waals surface area contributed by atoms with Crippen LogP contribution in [0.4, 0.5) is 0 Å². The number of allylic oxidation sites excluding steroid dienone is 8. The molecule has 0 saturated heterocycles. The fourth-order valence-electron chi connectivity index (χ4n) is 0.680. The maximum atomic E-state index is 8.66. The average molecular weight is 348 g/mol.